The summed E-state index contributed by atoms with van der Waals surface area (Å²) in [7, 11) is 0. The number of hydrogen-bond acceptors (Lipinski definition) is 2. The Morgan fingerprint density at radius 3 is 2.36 bits per heavy atom. The zero-order chi connectivity index (χ0) is 17.6. The molecular formula is C22H27NOS. The maximum absolute atomic E-state index is 12.7. The number of rotatable bonds is 5. The van der Waals surface area contributed by atoms with Gasteiger partial charge < -0.3 is 4.90 Å². The van der Waals surface area contributed by atoms with E-state index in [2.05, 4.69) is 66.4 Å². The van der Waals surface area contributed by atoms with Gasteiger partial charge in [0.2, 0.25) is 5.91 Å². The number of aryl methyl sites for hydroxylation is 1. The van der Waals surface area contributed by atoms with Gasteiger partial charge >= 0.3 is 0 Å². The molecule has 2 aromatic carbocycles. The van der Waals surface area contributed by atoms with Crippen molar-refractivity contribution in [3.63, 3.8) is 0 Å². The summed E-state index contributed by atoms with van der Waals surface area (Å²) in [6, 6.07) is 19.1. The summed E-state index contributed by atoms with van der Waals surface area (Å²) in [5, 5.41) is -0.0200. The number of likely N-dealkylation sites (tertiary alicyclic amines) is 1. The van der Waals surface area contributed by atoms with E-state index in [1.807, 2.05) is 6.92 Å². The number of amides is 1. The third kappa shape index (κ3) is 5.12. The summed E-state index contributed by atoms with van der Waals surface area (Å²) in [6.45, 7) is 5.91. The summed E-state index contributed by atoms with van der Waals surface area (Å²) < 4.78 is 0. The van der Waals surface area contributed by atoms with E-state index >= 15 is 0 Å². The first kappa shape index (κ1) is 18.1. The van der Waals surface area contributed by atoms with Crippen LogP contribution in [0.5, 0.6) is 0 Å². The lowest BCUT2D eigenvalue weighted by molar-refractivity contribution is -0.131. The second kappa shape index (κ2) is 8.57. The van der Waals surface area contributed by atoms with Crippen molar-refractivity contribution in [2.75, 3.05) is 13.1 Å². The number of piperidine rings is 1. The van der Waals surface area contributed by atoms with E-state index in [-0.39, 0.29) is 11.2 Å². The fourth-order valence-electron chi connectivity index (χ4n) is 3.43. The van der Waals surface area contributed by atoms with Crippen LogP contribution in [-0.4, -0.2) is 29.1 Å². The van der Waals surface area contributed by atoms with Crippen molar-refractivity contribution in [3.05, 3.63) is 65.7 Å². The molecule has 1 amide bonds. The van der Waals surface area contributed by atoms with Crippen LogP contribution >= 0.6 is 11.8 Å². The Kier molecular flexibility index (Phi) is 6.19. The molecule has 1 atom stereocenters. The van der Waals surface area contributed by atoms with Crippen LogP contribution in [0.2, 0.25) is 0 Å². The molecule has 0 N–H and O–H groups in total. The van der Waals surface area contributed by atoms with Gasteiger partial charge in [-0.25, -0.2) is 0 Å². The molecule has 1 fully saturated rings. The minimum atomic E-state index is -0.0200. The van der Waals surface area contributed by atoms with E-state index in [1.165, 1.54) is 16.0 Å². The Hall–Kier alpha value is -1.74. The van der Waals surface area contributed by atoms with Crippen molar-refractivity contribution in [1.82, 2.24) is 4.90 Å². The molecule has 0 spiro atoms. The average molecular weight is 354 g/mol. The van der Waals surface area contributed by atoms with E-state index in [0.717, 1.165) is 32.4 Å². The maximum Gasteiger partial charge on any atom is 0.235 e. The minimum absolute atomic E-state index is 0.0200. The largest absolute Gasteiger partial charge is 0.342 e. The third-order valence-electron chi connectivity index (χ3n) is 4.98. The molecule has 0 aromatic heterocycles. The Morgan fingerprint density at radius 1 is 1.08 bits per heavy atom. The molecule has 132 valence electrons. The molecule has 0 aliphatic carbocycles. The van der Waals surface area contributed by atoms with Crippen LogP contribution < -0.4 is 0 Å². The number of carbonyl (C=O) groups is 1. The molecule has 3 heteroatoms. The van der Waals surface area contributed by atoms with Crippen LogP contribution in [-0.2, 0) is 11.2 Å². The van der Waals surface area contributed by atoms with Crippen LogP contribution in [0.1, 0.15) is 30.9 Å². The Balaban J connectivity index is 1.48. The van der Waals surface area contributed by atoms with Gasteiger partial charge in [-0.15, -0.1) is 11.8 Å². The second-order valence-electron chi connectivity index (χ2n) is 7.03. The monoisotopic (exact) mass is 353 g/mol. The van der Waals surface area contributed by atoms with Crippen LogP contribution in [0.15, 0.2) is 59.5 Å². The zero-order valence-electron chi connectivity index (χ0n) is 15.2. The van der Waals surface area contributed by atoms with Crippen molar-refractivity contribution in [2.45, 2.75) is 43.3 Å². The predicted molar refractivity (Wildman–Crippen MR) is 106 cm³/mol. The van der Waals surface area contributed by atoms with E-state index in [1.54, 1.807) is 11.8 Å². The Labute approximate surface area is 155 Å². The van der Waals surface area contributed by atoms with Gasteiger partial charge in [0.15, 0.2) is 0 Å². The van der Waals surface area contributed by atoms with E-state index in [0.29, 0.717) is 5.92 Å². The standard InChI is InChI=1S/C22H27NOS/c1-17-8-10-21(11-9-17)25-18(2)22(24)23-14-12-20(13-15-23)16-19-6-4-3-5-7-19/h3-11,18,20H,12-16H2,1-2H3/t18-/m0/s1. The number of hydrogen-bond donors (Lipinski definition) is 0. The highest BCUT2D eigenvalue weighted by atomic mass is 32.2. The maximum atomic E-state index is 12.7. The summed E-state index contributed by atoms with van der Waals surface area (Å²) in [4.78, 5) is 16.0. The topological polar surface area (TPSA) is 20.3 Å². The van der Waals surface area contributed by atoms with Crippen molar-refractivity contribution in [2.24, 2.45) is 5.92 Å². The first-order valence-corrected chi connectivity index (χ1v) is 10.1. The summed E-state index contributed by atoms with van der Waals surface area (Å²) in [5.74, 6) is 0.982. The number of carbonyl (C=O) groups excluding carboxylic acids is 1. The number of thioether (sulfide) groups is 1. The van der Waals surface area contributed by atoms with Crippen LogP contribution in [0.3, 0.4) is 0 Å². The lowest BCUT2D eigenvalue weighted by Gasteiger charge is -2.33. The molecule has 0 unspecified atom stereocenters. The molecule has 0 bridgehead atoms. The van der Waals surface area contributed by atoms with Gasteiger partial charge in [0.05, 0.1) is 5.25 Å². The van der Waals surface area contributed by atoms with E-state index in [9.17, 15) is 4.79 Å². The fourth-order valence-corrected chi connectivity index (χ4v) is 4.38. The summed E-state index contributed by atoms with van der Waals surface area (Å²) >= 11 is 1.67. The van der Waals surface area contributed by atoms with E-state index < -0.39 is 0 Å². The molecular weight excluding hydrogens is 326 g/mol. The van der Waals surface area contributed by atoms with Gasteiger partial charge in [0.1, 0.15) is 0 Å². The highest BCUT2D eigenvalue weighted by Gasteiger charge is 2.26. The molecule has 3 rings (SSSR count). The summed E-state index contributed by atoms with van der Waals surface area (Å²) in [6.07, 6.45) is 3.36. The zero-order valence-corrected chi connectivity index (χ0v) is 16.0. The first-order valence-electron chi connectivity index (χ1n) is 9.18. The van der Waals surface area contributed by atoms with Gasteiger partial charge in [0, 0.05) is 18.0 Å². The van der Waals surface area contributed by atoms with Gasteiger partial charge in [0.25, 0.3) is 0 Å². The normalized spacial score (nSPS) is 16.6. The SMILES string of the molecule is Cc1ccc(S[C@@H](C)C(=O)N2CCC(Cc3ccccc3)CC2)cc1. The Morgan fingerprint density at radius 2 is 1.72 bits per heavy atom. The molecule has 1 heterocycles. The quantitative estimate of drug-likeness (QED) is 0.708. The lowest BCUT2D eigenvalue weighted by atomic mass is 9.90. The molecule has 25 heavy (non-hydrogen) atoms. The van der Waals surface area contributed by atoms with Gasteiger partial charge in [-0.2, -0.15) is 0 Å². The van der Waals surface area contributed by atoms with Crippen LogP contribution in [0.25, 0.3) is 0 Å². The lowest BCUT2D eigenvalue weighted by Crippen LogP contribution is -2.42. The molecule has 0 radical (unpaired) electrons. The fraction of sp³-hybridized carbons (Fsp3) is 0.409. The molecule has 2 aromatic rings. The molecule has 1 aliphatic heterocycles. The smallest absolute Gasteiger partial charge is 0.235 e. The molecule has 2 nitrogen and oxygen atoms in total. The Bertz CT molecular complexity index is 675. The van der Waals surface area contributed by atoms with Gasteiger partial charge in [-0.1, -0.05) is 48.0 Å². The van der Waals surface area contributed by atoms with Crippen molar-refractivity contribution in [1.29, 1.82) is 0 Å². The van der Waals surface area contributed by atoms with E-state index in [4.69, 9.17) is 0 Å². The molecule has 1 aliphatic rings. The number of nitrogens with zero attached hydrogens (tertiary/aromatic N) is 1. The average Bonchev–Trinajstić information content (AvgIpc) is 2.64. The van der Waals surface area contributed by atoms with Crippen LogP contribution in [0.4, 0.5) is 0 Å². The highest BCUT2D eigenvalue weighted by Crippen LogP contribution is 2.27. The molecule has 1 saturated heterocycles. The van der Waals surface area contributed by atoms with Gasteiger partial charge in [-0.05, 0) is 56.7 Å². The second-order valence-corrected chi connectivity index (χ2v) is 8.45. The third-order valence-corrected chi connectivity index (χ3v) is 6.07. The minimum Gasteiger partial charge on any atom is -0.342 e. The highest BCUT2D eigenvalue weighted by molar-refractivity contribution is 8.00. The predicted octanol–water partition coefficient (Wildman–Crippen LogP) is 4.96. The van der Waals surface area contributed by atoms with Crippen molar-refractivity contribution < 1.29 is 4.79 Å². The van der Waals surface area contributed by atoms with Crippen molar-refractivity contribution in [3.8, 4) is 0 Å². The summed E-state index contributed by atoms with van der Waals surface area (Å²) in [5.41, 5.74) is 2.67. The molecule has 0 saturated carbocycles. The number of benzene rings is 2. The van der Waals surface area contributed by atoms with Crippen molar-refractivity contribution >= 4 is 17.7 Å². The first-order chi connectivity index (χ1) is 12.1. The van der Waals surface area contributed by atoms with Crippen LogP contribution in [0, 0.1) is 12.8 Å². The van der Waals surface area contributed by atoms with Gasteiger partial charge in [-0.3, -0.25) is 4.79 Å².